The minimum absolute atomic E-state index is 0.233. The molecule has 2 N–H and O–H groups in total. The molecule has 1 fully saturated rings. The summed E-state index contributed by atoms with van der Waals surface area (Å²) in [5.74, 6) is 0.490. The second kappa shape index (κ2) is 6.53. The van der Waals surface area contributed by atoms with Crippen molar-refractivity contribution in [1.29, 1.82) is 0 Å². The molecule has 1 aromatic rings. The number of nitrogens with two attached hydrogens (primary N) is 1. The van der Waals surface area contributed by atoms with Gasteiger partial charge in [0.1, 0.15) is 0 Å². The van der Waals surface area contributed by atoms with Crippen LogP contribution in [-0.2, 0) is 11.3 Å². The van der Waals surface area contributed by atoms with Crippen LogP contribution < -0.4 is 5.73 Å². The SMILES string of the molecule is CC(CN)CC(=O)N(Cc1ccccc1Br)C1CC1. The number of hydrogen-bond donors (Lipinski definition) is 1. The molecule has 2 rings (SSSR count). The predicted octanol–water partition coefficient (Wildman–Crippen LogP) is 2.93. The summed E-state index contributed by atoms with van der Waals surface area (Å²) in [6.07, 6.45) is 2.82. The summed E-state index contributed by atoms with van der Waals surface area (Å²) in [5, 5.41) is 0. The van der Waals surface area contributed by atoms with Crippen LogP contribution in [0.2, 0.25) is 0 Å². The van der Waals surface area contributed by atoms with Gasteiger partial charge in [-0.05, 0) is 36.9 Å². The van der Waals surface area contributed by atoms with Gasteiger partial charge in [0.15, 0.2) is 0 Å². The molecule has 0 spiro atoms. The average molecular weight is 325 g/mol. The van der Waals surface area contributed by atoms with Crippen molar-refractivity contribution < 1.29 is 4.79 Å². The molecule has 1 amide bonds. The zero-order valence-electron chi connectivity index (χ0n) is 11.3. The largest absolute Gasteiger partial charge is 0.335 e. The lowest BCUT2D eigenvalue weighted by atomic mass is 10.1. The van der Waals surface area contributed by atoms with Crippen LogP contribution in [0.15, 0.2) is 28.7 Å². The van der Waals surface area contributed by atoms with Crippen LogP contribution in [0.4, 0.5) is 0 Å². The summed E-state index contributed by atoms with van der Waals surface area (Å²) in [4.78, 5) is 14.4. The van der Waals surface area contributed by atoms with Crippen LogP contribution in [0.3, 0.4) is 0 Å². The van der Waals surface area contributed by atoms with Crippen molar-refractivity contribution in [2.45, 2.75) is 38.8 Å². The number of nitrogens with zero attached hydrogens (tertiary/aromatic N) is 1. The van der Waals surface area contributed by atoms with Gasteiger partial charge < -0.3 is 10.6 Å². The Morgan fingerprint density at radius 3 is 2.74 bits per heavy atom. The van der Waals surface area contributed by atoms with E-state index in [-0.39, 0.29) is 11.8 Å². The lowest BCUT2D eigenvalue weighted by Crippen LogP contribution is -2.34. The van der Waals surface area contributed by atoms with E-state index in [9.17, 15) is 4.79 Å². The molecule has 3 nitrogen and oxygen atoms in total. The molecule has 1 aromatic carbocycles. The molecule has 1 atom stereocenters. The summed E-state index contributed by atoms with van der Waals surface area (Å²) in [5.41, 5.74) is 6.78. The summed E-state index contributed by atoms with van der Waals surface area (Å²) in [6.45, 7) is 3.29. The number of benzene rings is 1. The van der Waals surface area contributed by atoms with Crippen LogP contribution in [0.25, 0.3) is 0 Å². The van der Waals surface area contributed by atoms with Gasteiger partial charge in [-0.3, -0.25) is 4.79 Å². The van der Waals surface area contributed by atoms with Gasteiger partial charge in [0.05, 0.1) is 0 Å². The van der Waals surface area contributed by atoms with Crippen molar-refractivity contribution in [3.05, 3.63) is 34.3 Å². The van der Waals surface area contributed by atoms with Crippen molar-refractivity contribution in [2.24, 2.45) is 11.7 Å². The Bertz CT molecular complexity index is 446. The third kappa shape index (κ3) is 4.05. The van der Waals surface area contributed by atoms with E-state index in [1.807, 2.05) is 30.0 Å². The third-order valence-corrected chi connectivity index (χ3v) is 4.31. The van der Waals surface area contributed by atoms with Crippen molar-refractivity contribution in [1.82, 2.24) is 4.90 Å². The molecule has 1 saturated carbocycles. The maximum absolute atomic E-state index is 12.4. The first-order valence-corrected chi connectivity index (χ1v) is 7.64. The topological polar surface area (TPSA) is 46.3 Å². The van der Waals surface area contributed by atoms with E-state index in [1.165, 1.54) is 5.56 Å². The van der Waals surface area contributed by atoms with Crippen LogP contribution in [0, 0.1) is 5.92 Å². The standard InChI is InChI=1S/C15H21BrN2O/c1-11(9-17)8-15(19)18(13-6-7-13)10-12-4-2-3-5-14(12)16/h2-5,11,13H,6-10,17H2,1H3. The van der Waals surface area contributed by atoms with E-state index in [0.29, 0.717) is 25.6 Å². The van der Waals surface area contributed by atoms with Gasteiger partial charge in [0, 0.05) is 23.5 Å². The molecule has 4 heteroatoms. The molecule has 0 aromatic heterocycles. The Kier molecular flexibility index (Phi) is 4.99. The lowest BCUT2D eigenvalue weighted by molar-refractivity contribution is -0.133. The van der Waals surface area contributed by atoms with Gasteiger partial charge in [-0.2, -0.15) is 0 Å². The van der Waals surface area contributed by atoms with Crippen molar-refractivity contribution >= 4 is 21.8 Å². The second-order valence-electron chi connectivity index (χ2n) is 5.39. The van der Waals surface area contributed by atoms with Gasteiger partial charge in [-0.1, -0.05) is 41.1 Å². The molecule has 0 radical (unpaired) electrons. The normalized spacial score (nSPS) is 16.2. The van der Waals surface area contributed by atoms with E-state index in [2.05, 4.69) is 22.0 Å². The number of halogens is 1. The van der Waals surface area contributed by atoms with Crippen molar-refractivity contribution in [3.8, 4) is 0 Å². The highest BCUT2D eigenvalue weighted by Gasteiger charge is 2.32. The molecular formula is C15H21BrN2O. The van der Waals surface area contributed by atoms with Gasteiger partial charge in [-0.25, -0.2) is 0 Å². The number of rotatable bonds is 6. The monoisotopic (exact) mass is 324 g/mol. The molecule has 1 unspecified atom stereocenters. The van der Waals surface area contributed by atoms with E-state index >= 15 is 0 Å². The first-order chi connectivity index (χ1) is 9.11. The number of hydrogen-bond acceptors (Lipinski definition) is 2. The average Bonchev–Trinajstić information content (AvgIpc) is 3.21. The van der Waals surface area contributed by atoms with Crippen LogP contribution >= 0.6 is 15.9 Å². The Labute approximate surface area is 123 Å². The minimum Gasteiger partial charge on any atom is -0.335 e. The molecule has 1 aliphatic carbocycles. The Morgan fingerprint density at radius 1 is 1.47 bits per heavy atom. The number of carbonyl (C=O) groups excluding carboxylic acids is 1. The summed E-state index contributed by atoms with van der Waals surface area (Å²) in [7, 11) is 0. The van der Waals surface area contributed by atoms with E-state index in [4.69, 9.17) is 5.73 Å². The van der Waals surface area contributed by atoms with Gasteiger partial charge >= 0.3 is 0 Å². The first kappa shape index (κ1) is 14.5. The summed E-state index contributed by atoms with van der Waals surface area (Å²) >= 11 is 3.55. The fraction of sp³-hybridized carbons (Fsp3) is 0.533. The summed E-state index contributed by atoms with van der Waals surface area (Å²) in [6, 6.07) is 8.53. The molecule has 0 bridgehead atoms. The molecule has 0 saturated heterocycles. The van der Waals surface area contributed by atoms with Gasteiger partial charge in [0.25, 0.3) is 0 Å². The van der Waals surface area contributed by atoms with Crippen LogP contribution in [0.1, 0.15) is 31.7 Å². The van der Waals surface area contributed by atoms with Gasteiger partial charge in [0.2, 0.25) is 5.91 Å². The van der Waals surface area contributed by atoms with Crippen molar-refractivity contribution in [2.75, 3.05) is 6.54 Å². The highest BCUT2D eigenvalue weighted by atomic mass is 79.9. The third-order valence-electron chi connectivity index (χ3n) is 3.53. The molecule has 104 valence electrons. The molecule has 0 heterocycles. The lowest BCUT2D eigenvalue weighted by Gasteiger charge is -2.24. The molecular weight excluding hydrogens is 304 g/mol. The van der Waals surface area contributed by atoms with Crippen LogP contribution in [0.5, 0.6) is 0 Å². The zero-order valence-corrected chi connectivity index (χ0v) is 12.9. The first-order valence-electron chi connectivity index (χ1n) is 6.84. The quantitative estimate of drug-likeness (QED) is 0.874. The second-order valence-corrected chi connectivity index (χ2v) is 6.24. The Morgan fingerprint density at radius 2 is 2.16 bits per heavy atom. The smallest absolute Gasteiger partial charge is 0.223 e. The number of amides is 1. The molecule has 19 heavy (non-hydrogen) atoms. The number of carbonyl (C=O) groups is 1. The maximum Gasteiger partial charge on any atom is 0.223 e. The summed E-state index contributed by atoms with van der Waals surface area (Å²) < 4.78 is 1.07. The van der Waals surface area contributed by atoms with E-state index in [0.717, 1.165) is 17.3 Å². The van der Waals surface area contributed by atoms with E-state index < -0.39 is 0 Å². The Hall–Kier alpha value is -0.870. The maximum atomic E-state index is 12.4. The van der Waals surface area contributed by atoms with Crippen molar-refractivity contribution in [3.63, 3.8) is 0 Å². The highest BCUT2D eigenvalue weighted by molar-refractivity contribution is 9.10. The Balaban J connectivity index is 2.04. The van der Waals surface area contributed by atoms with Crippen LogP contribution in [-0.4, -0.2) is 23.4 Å². The fourth-order valence-corrected chi connectivity index (χ4v) is 2.53. The van der Waals surface area contributed by atoms with E-state index in [1.54, 1.807) is 0 Å². The van der Waals surface area contributed by atoms with Gasteiger partial charge in [-0.15, -0.1) is 0 Å². The zero-order chi connectivity index (χ0) is 13.8. The molecule has 1 aliphatic rings. The highest BCUT2D eigenvalue weighted by Crippen LogP contribution is 2.30. The minimum atomic E-state index is 0.233. The fourth-order valence-electron chi connectivity index (χ4n) is 2.12. The predicted molar refractivity (Wildman–Crippen MR) is 80.5 cm³/mol. The molecule has 0 aliphatic heterocycles.